The predicted octanol–water partition coefficient (Wildman–Crippen LogP) is 3.05. The molecule has 0 saturated carbocycles. The molecule has 0 spiro atoms. The van der Waals surface area contributed by atoms with Crippen LogP contribution in [0.4, 0.5) is 27.8 Å². The third-order valence-electron chi connectivity index (χ3n) is 4.90. The molecule has 11 heteroatoms. The highest BCUT2D eigenvalue weighted by molar-refractivity contribution is 5.94. The number of aryl methyl sites for hydroxylation is 1. The molecule has 1 aliphatic heterocycles. The number of rotatable bonds is 2. The fourth-order valence-corrected chi connectivity index (χ4v) is 3.41. The van der Waals surface area contributed by atoms with Gasteiger partial charge in [-0.15, -0.1) is 0 Å². The molecule has 4 rings (SSSR count). The number of aromatic hydroxyl groups is 1. The Morgan fingerprint density at radius 1 is 1.10 bits per heavy atom. The van der Waals surface area contributed by atoms with Crippen LogP contribution in [0, 0.1) is 11.6 Å². The van der Waals surface area contributed by atoms with E-state index in [4.69, 9.17) is 0 Å². The molecule has 29 heavy (non-hydrogen) atoms. The van der Waals surface area contributed by atoms with E-state index >= 15 is 0 Å². The Morgan fingerprint density at radius 2 is 1.79 bits per heavy atom. The molecule has 1 fully saturated rings. The Hall–Kier alpha value is -2.95. The summed E-state index contributed by atoms with van der Waals surface area (Å²) in [5.74, 6) is -4.61. The van der Waals surface area contributed by atoms with Crippen molar-refractivity contribution in [1.29, 1.82) is 0 Å². The number of phenolic OH excluding ortho intramolecular Hbond substituents is 1. The minimum atomic E-state index is -5.11. The van der Waals surface area contributed by atoms with Crippen LogP contribution in [0.1, 0.15) is 5.56 Å². The zero-order valence-electron chi connectivity index (χ0n) is 15.2. The second-order valence-corrected chi connectivity index (χ2v) is 6.71. The van der Waals surface area contributed by atoms with Gasteiger partial charge in [0.05, 0.1) is 11.1 Å². The third-order valence-corrected chi connectivity index (χ3v) is 4.90. The van der Waals surface area contributed by atoms with Crippen molar-refractivity contribution >= 4 is 16.7 Å². The second-order valence-electron chi connectivity index (χ2n) is 6.71. The fourth-order valence-electron chi connectivity index (χ4n) is 3.41. The van der Waals surface area contributed by atoms with Crippen LogP contribution < -0.4 is 10.2 Å². The van der Waals surface area contributed by atoms with Crippen molar-refractivity contribution in [2.45, 2.75) is 6.18 Å². The molecule has 1 aliphatic rings. The molecule has 0 aliphatic carbocycles. The quantitative estimate of drug-likeness (QED) is 0.633. The van der Waals surface area contributed by atoms with Gasteiger partial charge in [0.15, 0.2) is 17.4 Å². The zero-order chi connectivity index (χ0) is 20.9. The van der Waals surface area contributed by atoms with Gasteiger partial charge in [-0.25, -0.2) is 13.8 Å². The van der Waals surface area contributed by atoms with Crippen LogP contribution in [0.2, 0.25) is 0 Å². The number of benzene rings is 1. The second kappa shape index (κ2) is 6.83. The van der Waals surface area contributed by atoms with Crippen LogP contribution in [0.15, 0.2) is 18.3 Å². The fraction of sp³-hybridized carbons (Fsp3) is 0.333. The summed E-state index contributed by atoms with van der Waals surface area (Å²) in [6.45, 7) is 3.05. The summed E-state index contributed by atoms with van der Waals surface area (Å²) in [6.07, 6.45) is -3.72. The van der Waals surface area contributed by atoms with Crippen molar-refractivity contribution in [3.63, 3.8) is 0 Å². The molecule has 2 N–H and O–H groups in total. The molecule has 0 atom stereocenters. The molecule has 6 nitrogen and oxygen atoms in total. The molecule has 0 amide bonds. The van der Waals surface area contributed by atoms with Gasteiger partial charge in [0.2, 0.25) is 0 Å². The SMILES string of the molecule is Cn1nc(-c2cc(C(F)(F)F)c(F)c(O)c2F)c2cnc(N3CCNCC3)cc21. The number of anilines is 1. The van der Waals surface area contributed by atoms with E-state index in [0.29, 0.717) is 17.4 Å². The number of fused-ring (bicyclic) bond motifs is 1. The number of hydrogen-bond acceptors (Lipinski definition) is 5. The number of halogens is 5. The van der Waals surface area contributed by atoms with Crippen molar-refractivity contribution in [2.24, 2.45) is 7.05 Å². The Bertz CT molecular complexity index is 1090. The summed E-state index contributed by atoms with van der Waals surface area (Å²) in [7, 11) is 1.55. The highest BCUT2D eigenvalue weighted by Crippen LogP contribution is 2.41. The van der Waals surface area contributed by atoms with Gasteiger partial charge < -0.3 is 15.3 Å². The molecule has 1 saturated heterocycles. The van der Waals surface area contributed by atoms with Crippen molar-refractivity contribution in [1.82, 2.24) is 20.1 Å². The maximum atomic E-state index is 14.5. The van der Waals surface area contributed by atoms with Gasteiger partial charge >= 0.3 is 6.18 Å². The molecule has 0 bridgehead atoms. The van der Waals surface area contributed by atoms with E-state index in [1.165, 1.54) is 10.9 Å². The number of phenols is 1. The van der Waals surface area contributed by atoms with Gasteiger partial charge in [-0.3, -0.25) is 4.68 Å². The van der Waals surface area contributed by atoms with Crippen LogP contribution in [-0.4, -0.2) is 46.1 Å². The van der Waals surface area contributed by atoms with E-state index in [9.17, 15) is 27.1 Å². The van der Waals surface area contributed by atoms with Crippen molar-refractivity contribution in [2.75, 3.05) is 31.1 Å². The normalized spacial score (nSPS) is 15.3. The minimum absolute atomic E-state index is 0.167. The molecule has 2 aromatic heterocycles. The summed E-state index contributed by atoms with van der Waals surface area (Å²) < 4.78 is 69.0. The van der Waals surface area contributed by atoms with E-state index < -0.39 is 34.7 Å². The Kier molecular flexibility index (Phi) is 4.56. The van der Waals surface area contributed by atoms with E-state index in [-0.39, 0.29) is 11.1 Å². The lowest BCUT2D eigenvalue weighted by molar-refractivity contribution is -0.140. The maximum absolute atomic E-state index is 14.5. The van der Waals surface area contributed by atoms with Gasteiger partial charge in [0.1, 0.15) is 11.5 Å². The van der Waals surface area contributed by atoms with Gasteiger partial charge in [0, 0.05) is 56.4 Å². The average Bonchev–Trinajstić information content (AvgIpc) is 3.02. The third kappa shape index (κ3) is 3.24. The lowest BCUT2D eigenvalue weighted by Crippen LogP contribution is -2.43. The Balaban J connectivity index is 1.88. The lowest BCUT2D eigenvalue weighted by atomic mass is 10.0. The van der Waals surface area contributed by atoms with E-state index in [0.717, 1.165) is 26.2 Å². The molecule has 3 heterocycles. The van der Waals surface area contributed by atoms with E-state index in [1.54, 1.807) is 13.1 Å². The van der Waals surface area contributed by atoms with Crippen LogP contribution in [0.5, 0.6) is 5.75 Å². The largest absolute Gasteiger partial charge is 0.503 e. The highest BCUT2D eigenvalue weighted by atomic mass is 19.4. The van der Waals surface area contributed by atoms with Gasteiger partial charge in [0.25, 0.3) is 0 Å². The van der Waals surface area contributed by atoms with Gasteiger partial charge in [-0.05, 0) is 6.07 Å². The molecular formula is C18H16F5N5O. The number of pyridine rings is 1. The Morgan fingerprint density at radius 3 is 2.45 bits per heavy atom. The van der Waals surface area contributed by atoms with Gasteiger partial charge in [-0.2, -0.15) is 18.3 Å². The summed E-state index contributed by atoms with van der Waals surface area (Å²) >= 11 is 0. The molecular weight excluding hydrogens is 397 g/mol. The first-order valence-electron chi connectivity index (χ1n) is 8.75. The predicted molar refractivity (Wildman–Crippen MR) is 95.6 cm³/mol. The number of aromatic nitrogens is 3. The number of nitrogens with zero attached hydrogens (tertiary/aromatic N) is 4. The number of alkyl halides is 3. The first-order chi connectivity index (χ1) is 13.7. The Labute approximate surface area is 161 Å². The summed E-state index contributed by atoms with van der Waals surface area (Å²) in [5, 5.41) is 17.2. The molecule has 1 aromatic carbocycles. The molecule has 154 valence electrons. The lowest BCUT2D eigenvalue weighted by Gasteiger charge is -2.28. The van der Waals surface area contributed by atoms with Crippen LogP contribution in [0.25, 0.3) is 22.2 Å². The summed E-state index contributed by atoms with van der Waals surface area (Å²) in [6, 6.07) is 2.03. The maximum Gasteiger partial charge on any atom is 0.419 e. The highest BCUT2D eigenvalue weighted by Gasteiger charge is 2.38. The molecule has 0 unspecified atom stereocenters. The topological polar surface area (TPSA) is 66.2 Å². The first-order valence-corrected chi connectivity index (χ1v) is 8.75. The van der Waals surface area contributed by atoms with Crippen molar-refractivity contribution in [3.05, 3.63) is 35.5 Å². The van der Waals surface area contributed by atoms with Crippen molar-refractivity contribution < 1.29 is 27.1 Å². The average molecular weight is 413 g/mol. The summed E-state index contributed by atoms with van der Waals surface area (Å²) in [4.78, 5) is 6.37. The number of hydrogen-bond donors (Lipinski definition) is 2. The van der Waals surface area contributed by atoms with Crippen LogP contribution >= 0.6 is 0 Å². The smallest absolute Gasteiger partial charge is 0.419 e. The molecule has 3 aromatic rings. The standard InChI is InChI=1S/C18H16F5N5O/c1-27-12-7-13(28-4-2-24-3-5-28)25-8-10(12)16(26-27)9-6-11(18(21,22)23)15(20)17(29)14(9)19/h6-8,24,29H,2-5H2,1H3. The number of piperazine rings is 1. The van der Waals surface area contributed by atoms with E-state index in [2.05, 4.69) is 15.4 Å². The van der Waals surface area contributed by atoms with Crippen LogP contribution in [-0.2, 0) is 13.2 Å². The van der Waals surface area contributed by atoms with Crippen molar-refractivity contribution in [3.8, 4) is 17.0 Å². The summed E-state index contributed by atoms with van der Waals surface area (Å²) in [5.41, 5.74) is -2.07. The van der Waals surface area contributed by atoms with Crippen LogP contribution in [0.3, 0.4) is 0 Å². The minimum Gasteiger partial charge on any atom is -0.503 e. The first kappa shape index (κ1) is 19.4. The molecule has 0 radical (unpaired) electrons. The monoisotopic (exact) mass is 413 g/mol. The zero-order valence-corrected chi connectivity index (χ0v) is 15.2. The van der Waals surface area contributed by atoms with E-state index in [1.807, 2.05) is 4.90 Å². The number of nitrogens with one attached hydrogen (secondary N) is 1. The van der Waals surface area contributed by atoms with Gasteiger partial charge in [-0.1, -0.05) is 0 Å².